The summed E-state index contributed by atoms with van der Waals surface area (Å²) in [6.45, 7) is 12.0. The van der Waals surface area contributed by atoms with Crippen LogP contribution in [0.5, 0.6) is 0 Å². The van der Waals surface area contributed by atoms with Crippen LogP contribution in [0.3, 0.4) is 0 Å². The summed E-state index contributed by atoms with van der Waals surface area (Å²) >= 11 is 0. The normalized spacial score (nSPS) is 22.5. The van der Waals surface area contributed by atoms with E-state index < -0.39 is 0 Å². The molecule has 0 atom stereocenters. The van der Waals surface area contributed by atoms with E-state index in [9.17, 15) is 0 Å². The quantitative estimate of drug-likeness (QED) is 0.614. The van der Waals surface area contributed by atoms with Crippen LogP contribution in [-0.2, 0) is 0 Å². The summed E-state index contributed by atoms with van der Waals surface area (Å²) in [5.74, 6) is 1.87. The van der Waals surface area contributed by atoms with E-state index in [4.69, 9.17) is 0 Å². The minimum atomic E-state index is 0.748. The highest BCUT2D eigenvalue weighted by Gasteiger charge is 2.22. The summed E-state index contributed by atoms with van der Waals surface area (Å²) in [5.41, 5.74) is 0. The molecule has 0 amide bonds. The molecule has 0 saturated carbocycles. The molecule has 1 nitrogen and oxygen atoms in total. The van der Waals surface area contributed by atoms with Crippen molar-refractivity contribution in [1.29, 1.82) is 0 Å². The van der Waals surface area contributed by atoms with Crippen LogP contribution < -0.4 is 0 Å². The molecule has 0 aromatic carbocycles. The van der Waals surface area contributed by atoms with Gasteiger partial charge in [-0.15, -0.1) is 0 Å². The topological polar surface area (TPSA) is 3.24 Å². The van der Waals surface area contributed by atoms with Crippen molar-refractivity contribution in [2.75, 3.05) is 13.1 Å². The zero-order chi connectivity index (χ0) is 9.14. The number of piperidine rings is 1. The molecule has 1 fully saturated rings. The van der Waals surface area contributed by atoms with E-state index in [1.54, 1.807) is 0 Å². The minimum Gasteiger partial charge on any atom is -0.301 e. The SMILES string of the molecule is CC(C)C1CCN(C(C)C)CC1. The average Bonchev–Trinajstić information content (AvgIpc) is 2.04. The summed E-state index contributed by atoms with van der Waals surface area (Å²) in [5, 5.41) is 0. The molecule has 1 aliphatic rings. The van der Waals surface area contributed by atoms with E-state index in [1.165, 1.54) is 25.9 Å². The molecular formula is C11H23N. The highest BCUT2D eigenvalue weighted by molar-refractivity contribution is 4.75. The maximum Gasteiger partial charge on any atom is 0.00385 e. The van der Waals surface area contributed by atoms with Crippen molar-refractivity contribution in [3.8, 4) is 0 Å². The molecule has 1 saturated heterocycles. The Morgan fingerprint density at radius 2 is 1.50 bits per heavy atom. The van der Waals surface area contributed by atoms with Gasteiger partial charge in [0.1, 0.15) is 0 Å². The fraction of sp³-hybridized carbons (Fsp3) is 1.00. The molecule has 0 aliphatic carbocycles. The molecule has 0 radical (unpaired) electrons. The molecule has 1 heterocycles. The van der Waals surface area contributed by atoms with Gasteiger partial charge in [-0.25, -0.2) is 0 Å². The predicted octanol–water partition coefficient (Wildman–Crippen LogP) is 2.76. The lowest BCUT2D eigenvalue weighted by atomic mass is 9.86. The van der Waals surface area contributed by atoms with Crippen LogP contribution in [0, 0.1) is 11.8 Å². The molecule has 1 rings (SSSR count). The first kappa shape index (κ1) is 10.0. The van der Waals surface area contributed by atoms with Gasteiger partial charge in [-0.2, -0.15) is 0 Å². The maximum atomic E-state index is 2.60. The van der Waals surface area contributed by atoms with E-state index in [2.05, 4.69) is 32.6 Å². The van der Waals surface area contributed by atoms with Crippen molar-refractivity contribution in [3.05, 3.63) is 0 Å². The Bertz CT molecular complexity index is 105. The molecule has 1 heteroatoms. The summed E-state index contributed by atoms with van der Waals surface area (Å²) in [6.07, 6.45) is 2.83. The smallest absolute Gasteiger partial charge is 0.00385 e. The van der Waals surface area contributed by atoms with Crippen LogP contribution in [0.15, 0.2) is 0 Å². The van der Waals surface area contributed by atoms with Crippen LogP contribution in [0.25, 0.3) is 0 Å². The standard InChI is InChI=1S/C11H23N/c1-9(2)11-5-7-12(8-6-11)10(3)4/h9-11H,5-8H2,1-4H3. The van der Waals surface area contributed by atoms with Crippen molar-refractivity contribution >= 4 is 0 Å². The number of rotatable bonds is 2. The van der Waals surface area contributed by atoms with E-state index >= 15 is 0 Å². The Morgan fingerprint density at radius 3 is 1.83 bits per heavy atom. The lowest BCUT2D eigenvalue weighted by Crippen LogP contribution is -2.39. The van der Waals surface area contributed by atoms with E-state index in [-0.39, 0.29) is 0 Å². The van der Waals surface area contributed by atoms with E-state index in [0.29, 0.717) is 0 Å². The molecule has 12 heavy (non-hydrogen) atoms. The number of hydrogen-bond donors (Lipinski definition) is 0. The number of nitrogens with zero attached hydrogens (tertiary/aromatic N) is 1. The van der Waals surface area contributed by atoms with Gasteiger partial charge in [0.25, 0.3) is 0 Å². The van der Waals surface area contributed by atoms with Crippen LogP contribution >= 0.6 is 0 Å². The summed E-state index contributed by atoms with van der Waals surface area (Å²) in [7, 11) is 0. The predicted molar refractivity (Wildman–Crippen MR) is 54.3 cm³/mol. The van der Waals surface area contributed by atoms with Gasteiger partial charge in [-0.1, -0.05) is 13.8 Å². The lowest BCUT2D eigenvalue weighted by Gasteiger charge is -2.36. The third-order valence-electron chi connectivity index (χ3n) is 3.25. The maximum absolute atomic E-state index is 2.60. The molecule has 0 unspecified atom stereocenters. The Hall–Kier alpha value is -0.0400. The Kier molecular flexibility index (Phi) is 3.57. The molecule has 0 bridgehead atoms. The Labute approximate surface area is 77.1 Å². The van der Waals surface area contributed by atoms with Gasteiger partial charge in [0, 0.05) is 6.04 Å². The van der Waals surface area contributed by atoms with Crippen LogP contribution in [0.4, 0.5) is 0 Å². The molecule has 0 N–H and O–H groups in total. The van der Waals surface area contributed by atoms with Gasteiger partial charge in [-0.3, -0.25) is 0 Å². The second-order valence-electron chi connectivity index (χ2n) is 4.71. The largest absolute Gasteiger partial charge is 0.301 e. The molecular weight excluding hydrogens is 146 g/mol. The van der Waals surface area contributed by atoms with Gasteiger partial charge in [-0.05, 0) is 51.6 Å². The fourth-order valence-electron chi connectivity index (χ4n) is 2.10. The van der Waals surface area contributed by atoms with Crippen LogP contribution in [0.2, 0.25) is 0 Å². The highest BCUT2D eigenvalue weighted by Crippen LogP contribution is 2.25. The second-order valence-corrected chi connectivity index (χ2v) is 4.71. The molecule has 0 aromatic rings. The van der Waals surface area contributed by atoms with Crippen molar-refractivity contribution in [1.82, 2.24) is 4.90 Å². The minimum absolute atomic E-state index is 0.748. The molecule has 0 aromatic heterocycles. The van der Waals surface area contributed by atoms with Crippen LogP contribution in [0.1, 0.15) is 40.5 Å². The van der Waals surface area contributed by atoms with Crippen molar-refractivity contribution in [2.24, 2.45) is 11.8 Å². The zero-order valence-electron chi connectivity index (χ0n) is 9.01. The fourth-order valence-corrected chi connectivity index (χ4v) is 2.10. The first-order chi connectivity index (χ1) is 5.61. The van der Waals surface area contributed by atoms with Crippen LogP contribution in [-0.4, -0.2) is 24.0 Å². The van der Waals surface area contributed by atoms with Gasteiger partial charge in [0.05, 0.1) is 0 Å². The van der Waals surface area contributed by atoms with Crippen molar-refractivity contribution in [3.63, 3.8) is 0 Å². The number of hydrogen-bond acceptors (Lipinski definition) is 1. The molecule has 1 aliphatic heterocycles. The summed E-state index contributed by atoms with van der Waals surface area (Å²) in [4.78, 5) is 2.60. The van der Waals surface area contributed by atoms with E-state index in [1.807, 2.05) is 0 Å². The Morgan fingerprint density at radius 1 is 1.00 bits per heavy atom. The monoisotopic (exact) mass is 169 g/mol. The average molecular weight is 169 g/mol. The van der Waals surface area contributed by atoms with Gasteiger partial charge < -0.3 is 4.90 Å². The first-order valence-corrected chi connectivity index (χ1v) is 5.35. The first-order valence-electron chi connectivity index (χ1n) is 5.35. The zero-order valence-corrected chi connectivity index (χ0v) is 9.01. The third kappa shape index (κ3) is 2.48. The van der Waals surface area contributed by atoms with E-state index in [0.717, 1.165) is 17.9 Å². The highest BCUT2D eigenvalue weighted by atomic mass is 15.1. The van der Waals surface area contributed by atoms with Gasteiger partial charge >= 0.3 is 0 Å². The second kappa shape index (κ2) is 4.27. The molecule has 72 valence electrons. The summed E-state index contributed by atoms with van der Waals surface area (Å²) < 4.78 is 0. The van der Waals surface area contributed by atoms with Gasteiger partial charge in [0.15, 0.2) is 0 Å². The molecule has 0 spiro atoms. The van der Waals surface area contributed by atoms with Gasteiger partial charge in [0.2, 0.25) is 0 Å². The van der Waals surface area contributed by atoms with Crippen molar-refractivity contribution in [2.45, 2.75) is 46.6 Å². The van der Waals surface area contributed by atoms with Crippen molar-refractivity contribution < 1.29 is 0 Å². The summed E-state index contributed by atoms with van der Waals surface area (Å²) in [6, 6.07) is 0.748. The number of likely N-dealkylation sites (tertiary alicyclic amines) is 1. The Balaban J connectivity index is 2.30. The third-order valence-corrected chi connectivity index (χ3v) is 3.25. The lowest BCUT2D eigenvalue weighted by molar-refractivity contribution is 0.129.